The summed E-state index contributed by atoms with van der Waals surface area (Å²) in [6.07, 6.45) is 1.72. The van der Waals surface area contributed by atoms with Crippen LogP contribution in [-0.4, -0.2) is 43.4 Å². The minimum absolute atomic E-state index is 0.305. The molecule has 1 aliphatic rings. The molecule has 2 rings (SSSR count). The van der Waals surface area contributed by atoms with Gasteiger partial charge >= 0.3 is 0 Å². The third-order valence-corrected chi connectivity index (χ3v) is 4.29. The summed E-state index contributed by atoms with van der Waals surface area (Å²) in [4.78, 5) is 15.9. The molecule has 1 aromatic carbocycles. The monoisotopic (exact) mass is 274 g/mol. The number of benzene rings is 1. The lowest BCUT2D eigenvalue weighted by atomic mass is 10.1. The molecule has 0 unspecified atom stereocenters. The highest BCUT2D eigenvalue weighted by atomic mass is 16.1. The van der Waals surface area contributed by atoms with Crippen LogP contribution in [0.5, 0.6) is 0 Å². The number of Topliss-reactive ketones (excluding diaryl/α,β-unsaturated/α-hetero) is 1. The van der Waals surface area contributed by atoms with Crippen LogP contribution in [0.1, 0.15) is 30.9 Å². The molecule has 0 atom stereocenters. The van der Waals surface area contributed by atoms with Gasteiger partial charge in [0.1, 0.15) is 5.78 Å². The molecule has 1 fully saturated rings. The molecule has 0 saturated carbocycles. The summed E-state index contributed by atoms with van der Waals surface area (Å²) in [5.74, 6) is 0.305. The first-order valence-corrected chi connectivity index (χ1v) is 7.61. The molecule has 20 heavy (non-hydrogen) atoms. The van der Waals surface area contributed by atoms with E-state index in [-0.39, 0.29) is 0 Å². The maximum absolute atomic E-state index is 11.0. The molecule has 3 nitrogen and oxygen atoms in total. The fraction of sp³-hybridized carbons (Fsp3) is 0.588. The second-order valence-corrected chi connectivity index (χ2v) is 5.85. The molecule has 0 spiro atoms. The lowest BCUT2D eigenvalue weighted by molar-refractivity contribution is -0.117. The highest BCUT2D eigenvalue weighted by molar-refractivity contribution is 5.75. The second-order valence-electron chi connectivity index (χ2n) is 5.85. The summed E-state index contributed by atoms with van der Waals surface area (Å²) < 4.78 is 0. The van der Waals surface area contributed by atoms with E-state index in [0.29, 0.717) is 5.78 Å². The van der Waals surface area contributed by atoms with E-state index in [1.807, 2.05) is 0 Å². The summed E-state index contributed by atoms with van der Waals surface area (Å²) in [7, 11) is 0. The van der Waals surface area contributed by atoms with Crippen molar-refractivity contribution in [3.05, 3.63) is 29.3 Å². The first-order valence-electron chi connectivity index (χ1n) is 7.61. The number of hydrogen-bond acceptors (Lipinski definition) is 3. The van der Waals surface area contributed by atoms with Gasteiger partial charge < -0.3 is 9.69 Å². The third kappa shape index (κ3) is 3.83. The summed E-state index contributed by atoms with van der Waals surface area (Å²) in [5, 5.41) is 0. The average molecular weight is 274 g/mol. The molecule has 0 aromatic heterocycles. The molecule has 3 heteroatoms. The maximum Gasteiger partial charge on any atom is 0.129 e. The van der Waals surface area contributed by atoms with E-state index in [1.165, 1.54) is 16.8 Å². The minimum Gasteiger partial charge on any atom is -0.369 e. The Kier molecular flexibility index (Phi) is 5.18. The molecule has 0 bridgehead atoms. The zero-order chi connectivity index (χ0) is 14.5. The van der Waals surface area contributed by atoms with Crippen LogP contribution in [-0.2, 0) is 4.79 Å². The Morgan fingerprint density at radius 2 is 1.85 bits per heavy atom. The van der Waals surface area contributed by atoms with Crippen LogP contribution in [0.2, 0.25) is 0 Å². The van der Waals surface area contributed by atoms with Gasteiger partial charge in [-0.25, -0.2) is 0 Å². The number of hydrogen-bond donors (Lipinski definition) is 0. The van der Waals surface area contributed by atoms with Crippen molar-refractivity contribution in [1.82, 2.24) is 4.90 Å². The van der Waals surface area contributed by atoms with Gasteiger partial charge in [-0.15, -0.1) is 0 Å². The maximum atomic E-state index is 11.0. The summed E-state index contributed by atoms with van der Waals surface area (Å²) in [6.45, 7) is 11.5. The normalized spacial score (nSPS) is 16.4. The molecule has 0 radical (unpaired) electrons. The Hall–Kier alpha value is -1.35. The van der Waals surface area contributed by atoms with Gasteiger partial charge in [0.2, 0.25) is 0 Å². The quantitative estimate of drug-likeness (QED) is 0.825. The van der Waals surface area contributed by atoms with Gasteiger partial charge in [-0.05, 0) is 50.9 Å². The van der Waals surface area contributed by atoms with Crippen LogP contribution < -0.4 is 4.90 Å². The average Bonchev–Trinajstić information content (AvgIpc) is 2.42. The third-order valence-electron chi connectivity index (χ3n) is 4.29. The van der Waals surface area contributed by atoms with E-state index in [4.69, 9.17) is 0 Å². The Bertz CT molecular complexity index is 462. The van der Waals surface area contributed by atoms with Gasteiger partial charge in [0.15, 0.2) is 0 Å². The van der Waals surface area contributed by atoms with Crippen molar-refractivity contribution in [2.24, 2.45) is 0 Å². The molecule has 1 saturated heterocycles. The molecule has 1 aromatic rings. The molecule has 1 aliphatic heterocycles. The number of rotatable bonds is 5. The molecule has 0 amide bonds. The van der Waals surface area contributed by atoms with Crippen LogP contribution in [0.3, 0.4) is 0 Å². The van der Waals surface area contributed by atoms with Gasteiger partial charge in [-0.1, -0.05) is 12.1 Å². The first kappa shape index (κ1) is 15.0. The van der Waals surface area contributed by atoms with Crippen molar-refractivity contribution in [1.29, 1.82) is 0 Å². The summed E-state index contributed by atoms with van der Waals surface area (Å²) in [5.41, 5.74) is 4.15. The van der Waals surface area contributed by atoms with E-state index >= 15 is 0 Å². The smallest absolute Gasteiger partial charge is 0.129 e. The van der Waals surface area contributed by atoms with Crippen molar-refractivity contribution in [3.63, 3.8) is 0 Å². The highest BCUT2D eigenvalue weighted by Gasteiger charge is 2.18. The van der Waals surface area contributed by atoms with Crippen LogP contribution >= 0.6 is 0 Å². The number of piperazine rings is 1. The van der Waals surface area contributed by atoms with E-state index in [1.54, 1.807) is 6.92 Å². The van der Waals surface area contributed by atoms with Gasteiger partial charge in [0.05, 0.1) is 0 Å². The van der Waals surface area contributed by atoms with E-state index < -0.39 is 0 Å². The fourth-order valence-electron chi connectivity index (χ4n) is 2.84. The molecule has 0 N–H and O–H groups in total. The predicted molar refractivity (Wildman–Crippen MR) is 84.5 cm³/mol. The van der Waals surface area contributed by atoms with Crippen molar-refractivity contribution in [2.45, 2.75) is 33.6 Å². The number of ketones is 1. The highest BCUT2D eigenvalue weighted by Crippen LogP contribution is 2.23. The van der Waals surface area contributed by atoms with Crippen LogP contribution in [0, 0.1) is 13.8 Å². The topological polar surface area (TPSA) is 23.6 Å². The Morgan fingerprint density at radius 1 is 1.15 bits per heavy atom. The van der Waals surface area contributed by atoms with Gasteiger partial charge in [-0.3, -0.25) is 4.90 Å². The largest absolute Gasteiger partial charge is 0.369 e. The number of carbonyl (C=O) groups excluding carboxylic acids is 1. The molecule has 1 heterocycles. The Morgan fingerprint density at radius 3 is 2.50 bits per heavy atom. The lowest BCUT2D eigenvalue weighted by Gasteiger charge is -2.37. The van der Waals surface area contributed by atoms with Crippen molar-refractivity contribution < 1.29 is 4.79 Å². The number of aryl methyl sites for hydroxylation is 1. The Balaban J connectivity index is 1.85. The van der Waals surface area contributed by atoms with Crippen LogP contribution in [0.25, 0.3) is 0 Å². The van der Waals surface area contributed by atoms with Crippen molar-refractivity contribution in [2.75, 3.05) is 37.6 Å². The Labute approximate surface area is 122 Å². The zero-order valence-corrected chi connectivity index (χ0v) is 13.0. The number of anilines is 1. The molecular formula is C17H26N2O. The fourth-order valence-corrected chi connectivity index (χ4v) is 2.84. The van der Waals surface area contributed by atoms with Crippen molar-refractivity contribution in [3.8, 4) is 0 Å². The minimum atomic E-state index is 0.305. The summed E-state index contributed by atoms with van der Waals surface area (Å²) in [6, 6.07) is 6.56. The van der Waals surface area contributed by atoms with Crippen LogP contribution in [0.4, 0.5) is 5.69 Å². The first-order chi connectivity index (χ1) is 9.58. The molecule has 0 aliphatic carbocycles. The number of carbonyl (C=O) groups is 1. The van der Waals surface area contributed by atoms with Crippen LogP contribution in [0.15, 0.2) is 18.2 Å². The van der Waals surface area contributed by atoms with Crippen molar-refractivity contribution >= 4 is 11.5 Å². The van der Waals surface area contributed by atoms with E-state index in [9.17, 15) is 4.79 Å². The van der Waals surface area contributed by atoms with Gasteiger partial charge in [0.25, 0.3) is 0 Å². The predicted octanol–water partition coefficient (Wildman–Crippen LogP) is 2.79. The zero-order valence-electron chi connectivity index (χ0n) is 13.0. The molecular weight excluding hydrogens is 248 g/mol. The van der Waals surface area contributed by atoms with E-state index in [2.05, 4.69) is 41.8 Å². The van der Waals surface area contributed by atoms with E-state index in [0.717, 1.165) is 45.6 Å². The molecule has 110 valence electrons. The second kappa shape index (κ2) is 6.89. The van der Waals surface area contributed by atoms with Gasteiger partial charge in [0, 0.05) is 38.3 Å². The standard InChI is InChI=1S/C17H26N2O/c1-14-6-4-8-17(16(14)3)19-12-10-18(11-13-19)9-5-7-15(2)20/h4,6,8H,5,7,9-13H2,1-3H3. The lowest BCUT2D eigenvalue weighted by Crippen LogP contribution is -2.46. The van der Waals surface area contributed by atoms with Gasteiger partial charge in [-0.2, -0.15) is 0 Å². The SMILES string of the molecule is CC(=O)CCCN1CCN(c2cccc(C)c2C)CC1. The number of nitrogens with zero attached hydrogens (tertiary/aromatic N) is 2. The summed E-state index contributed by atoms with van der Waals surface area (Å²) >= 11 is 0.